The van der Waals surface area contributed by atoms with Crippen LogP contribution in [0.15, 0.2) is 30.3 Å². The first-order valence-electron chi connectivity index (χ1n) is 9.58. The highest BCUT2D eigenvalue weighted by atomic mass is 35.5. The number of likely N-dealkylation sites (tertiary alicyclic amines) is 1. The number of benzene rings is 1. The second-order valence-electron chi connectivity index (χ2n) is 7.63. The predicted octanol–water partition coefficient (Wildman–Crippen LogP) is 4.35. The molecular weight excluding hydrogens is 401 g/mol. The van der Waals surface area contributed by atoms with Crippen molar-refractivity contribution in [2.45, 2.75) is 31.3 Å². The zero-order chi connectivity index (χ0) is 19.7. The van der Waals surface area contributed by atoms with Gasteiger partial charge in [0, 0.05) is 29.5 Å². The lowest BCUT2D eigenvalue weighted by atomic mass is 9.85. The molecule has 150 valence electrons. The number of hydrogen-bond acceptors (Lipinski definition) is 4. The average Bonchev–Trinajstić information content (AvgIpc) is 3.06. The maximum atomic E-state index is 13.8. The second-order valence-corrected chi connectivity index (χ2v) is 9.04. The summed E-state index contributed by atoms with van der Waals surface area (Å²) in [6, 6.07) is 9.03. The average molecular weight is 424 g/mol. The number of piperidine rings is 1. The first-order valence-corrected chi connectivity index (χ1v) is 10.8. The lowest BCUT2D eigenvalue weighted by Gasteiger charge is -2.44. The molecule has 2 aliphatic rings. The molecule has 4 nitrogen and oxygen atoms in total. The molecule has 3 heterocycles. The van der Waals surface area contributed by atoms with Crippen molar-refractivity contribution in [2.24, 2.45) is 5.92 Å². The van der Waals surface area contributed by atoms with Crippen LogP contribution in [-0.4, -0.2) is 42.2 Å². The number of aliphatic carboxylic acids is 1. The molecule has 28 heavy (non-hydrogen) atoms. The highest BCUT2D eigenvalue weighted by Gasteiger charge is 2.43. The minimum atomic E-state index is -0.809. The summed E-state index contributed by atoms with van der Waals surface area (Å²) in [6.07, 6.45) is 2.70. The normalized spacial score (nSPS) is 20.1. The molecule has 4 rings (SSSR count). The van der Waals surface area contributed by atoms with Gasteiger partial charge in [0.25, 0.3) is 0 Å². The standard InChI is InChI=1S/C21H23ClFNO3S/c22-17-4-2-1-3-14(17)11-16(20(25)26)13-24-8-6-21(7-9-24)19-15(5-10-27-21)12-18(23)28-19/h1-4,12,16H,5-11,13H2,(H,25,26). The van der Waals surface area contributed by atoms with Crippen LogP contribution in [0.4, 0.5) is 4.39 Å². The molecule has 2 aliphatic heterocycles. The number of hydrogen-bond donors (Lipinski definition) is 1. The Hall–Kier alpha value is -1.47. The number of halogens is 2. The summed E-state index contributed by atoms with van der Waals surface area (Å²) in [7, 11) is 0. The third kappa shape index (κ3) is 3.96. The van der Waals surface area contributed by atoms with Crippen molar-refractivity contribution in [3.8, 4) is 0 Å². The Morgan fingerprint density at radius 1 is 1.36 bits per heavy atom. The van der Waals surface area contributed by atoms with Crippen LogP contribution in [0.2, 0.25) is 5.02 Å². The van der Waals surface area contributed by atoms with Gasteiger partial charge in [-0.15, -0.1) is 11.3 Å². The van der Waals surface area contributed by atoms with Crippen LogP contribution < -0.4 is 0 Å². The fraction of sp³-hybridized carbons (Fsp3) is 0.476. The van der Waals surface area contributed by atoms with Crippen molar-refractivity contribution in [1.29, 1.82) is 0 Å². The summed E-state index contributed by atoms with van der Waals surface area (Å²) in [4.78, 5) is 15.0. The van der Waals surface area contributed by atoms with Gasteiger partial charge in [-0.2, -0.15) is 4.39 Å². The smallest absolute Gasteiger partial charge is 0.308 e. The van der Waals surface area contributed by atoms with E-state index in [1.54, 1.807) is 12.1 Å². The van der Waals surface area contributed by atoms with Gasteiger partial charge in [0.1, 0.15) is 5.60 Å². The van der Waals surface area contributed by atoms with Crippen molar-refractivity contribution in [3.05, 3.63) is 56.5 Å². The monoisotopic (exact) mass is 423 g/mol. The first kappa shape index (κ1) is 19.8. The molecule has 1 aromatic carbocycles. The van der Waals surface area contributed by atoms with Gasteiger partial charge in [-0.05, 0) is 48.9 Å². The molecule has 0 bridgehead atoms. The Morgan fingerprint density at radius 2 is 2.11 bits per heavy atom. The molecule has 7 heteroatoms. The van der Waals surface area contributed by atoms with E-state index in [0.29, 0.717) is 24.6 Å². The lowest BCUT2D eigenvalue weighted by Crippen LogP contribution is -2.47. The number of rotatable bonds is 5. The van der Waals surface area contributed by atoms with E-state index in [0.717, 1.165) is 48.4 Å². The molecule has 1 atom stereocenters. The second kappa shape index (κ2) is 8.11. The van der Waals surface area contributed by atoms with Gasteiger partial charge in [0.2, 0.25) is 0 Å². The largest absolute Gasteiger partial charge is 0.481 e. The van der Waals surface area contributed by atoms with E-state index in [1.807, 2.05) is 18.2 Å². The van der Waals surface area contributed by atoms with E-state index < -0.39 is 17.5 Å². The predicted molar refractivity (Wildman–Crippen MR) is 108 cm³/mol. The number of nitrogens with zero attached hydrogens (tertiary/aromatic N) is 1. The summed E-state index contributed by atoms with van der Waals surface area (Å²) in [5, 5.41) is 10.2. The van der Waals surface area contributed by atoms with E-state index >= 15 is 0 Å². The first-order chi connectivity index (χ1) is 13.5. The molecule has 1 saturated heterocycles. The van der Waals surface area contributed by atoms with E-state index in [4.69, 9.17) is 16.3 Å². The van der Waals surface area contributed by atoms with Gasteiger partial charge in [-0.1, -0.05) is 29.8 Å². The van der Waals surface area contributed by atoms with Crippen LogP contribution in [0.25, 0.3) is 0 Å². The minimum Gasteiger partial charge on any atom is -0.481 e. The summed E-state index contributed by atoms with van der Waals surface area (Å²) >= 11 is 7.41. The van der Waals surface area contributed by atoms with Gasteiger partial charge in [-0.25, -0.2) is 0 Å². The van der Waals surface area contributed by atoms with Gasteiger partial charge in [-0.3, -0.25) is 4.79 Å². The van der Waals surface area contributed by atoms with E-state index in [1.165, 1.54) is 11.3 Å². The van der Waals surface area contributed by atoms with Crippen molar-refractivity contribution < 1.29 is 19.0 Å². The van der Waals surface area contributed by atoms with Crippen LogP contribution in [0, 0.1) is 11.0 Å². The zero-order valence-corrected chi connectivity index (χ0v) is 17.1. The Bertz CT molecular complexity index is 863. The summed E-state index contributed by atoms with van der Waals surface area (Å²) in [6.45, 7) is 2.58. The van der Waals surface area contributed by atoms with E-state index in [-0.39, 0.29) is 5.13 Å². The van der Waals surface area contributed by atoms with Gasteiger partial charge in [0.05, 0.1) is 12.5 Å². The van der Waals surface area contributed by atoms with Crippen LogP contribution >= 0.6 is 22.9 Å². The van der Waals surface area contributed by atoms with E-state index in [9.17, 15) is 14.3 Å². The fourth-order valence-electron chi connectivity index (χ4n) is 4.33. The molecule has 1 N–H and O–H groups in total. The molecule has 0 radical (unpaired) electrons. The Balaban J connectivity index is 1.42. The van der Waals surface area contributed by atoms with Gasteiger partial charge in [0.15, 0.2) is 5.13 Å². The Kier molecular flexibility index (Phi) is 5.74. The number of thiophene rings is 1. The summed E-state index contributed by atoms with van der Waals surface area (Å²) in [5.74, 6) is -1.33. The maximum absolute atomic E-state index is 13.8. The van der Waals surface area contributed by atoms with Crippen LogP contribution in [-0.2, 0) is 28.0 Å². The highest BCUT2D eigenvalue weighted by Crippen LogP contribution is 2.45. The summed E-state index contributed by atoms with van der Waals surface area (Å²) in [5.41, 5.74) is 1.53. The van der Waals surface area contributed by atoms with Crippen molar-refractivity contribution in [1.82, 2.24) is 4.90 Å². The Morgan fingerprint density at radius 3 is 2.82 bits per heavy atom. The van der Waals surface area contributed by atoms with Gasteiger partial charge < -0.3 is 14.7 Å². The van der Waals surface area contributed by atoms with Crippen molar-refractivity contribution in [3.63, 3.8) is 0 Å². The Labute approximate surface area is 172 Å². The van der Waals surface area contributed by atoms with Crippen LogP contribution in [0.5, 0.6) is 0 Å². The van der Waals surface area contributed by atoms with Crippen LogP contribution in [0.3, 0.4) is 0 Å². The highest BCUT2D eigenvalue weighted by molar-refractivity contribution is 7.10. The number of carboxylic acids is 1. The number of carbonyl (C=O) groups is 1. The maximum Gasteiger partial charge on any atom is 0.308 e. The molecule has 1 aromatic heterocycles. The molecule has 1 spiro atoms. The van der Waals surface area contributed by atoms with Crippen molar-refractivity contribution in [2.75, 3.05) is 26.2 Å². The fourth-order valence-corrected chi connectivity index (χ4v) is 5.68. The summed E-state index contributed by atoms with van der Waals surface area (Å²) < 4.78 is 19.9. The van der Waals surface area contributed by atoms with Gasteiger partial charge >= 0.3 is 5.97 Å². The minimum absolute atomic E-state index is 0.150. The lowest BCUT2D eigenvalue weighted by molar-refractivity contribution is -0.143. The quantitative estimate of drug-likeness (QED) is 0.776. The molecule has 0 amide bonds. The van der Waals surface area contributed by atoms with Crippen molar-refractivity contribution >= 4 is 28.9 Å². The number of carboxylic acid groups (broad SMARTS) is 1. The molecule has 1 fully saturated rings. The number of fused-ring (bicyclic) bond motifs is 2. The third-order valence-corrected chi connectivity index (χ3v) is 7.38. The SMILES string of the molecule is O=C(O)C(Cc1ccccc1Cl)CN1CCC2(CC1)OCCc1cc(F)sc12. The molecule has 0 aliphatic carbocycles. The van der Waals surface area contributed by atoms with Crippen LogP contribution in [0.1, 0.15) is 28.8 Å². The molecule has 2 aromatic rings. The van der Waals surface area contributed by atoms with E-state index in [2.05, 4.69) is 4.90 Å². The topological polar surface area (TPSA) is 49.8 Å². The zero-order valence-electron chi connectivity index (χ0n) is 15.5. The molecular formula is C21H23ClFNO3S. The third-order valence-electron chi connectivity index (χ3n) is 5.86. The molecule has 1 unspecified atom stereocenters. The molecule has 0 saturated carbocycles. The number of ether oxygens (including phenoxy) is 1.